The van der Waals surface area contributed by atoms with E-state index in [0.717, 1.165) is 24.5 Å². The highest BCUT2D eigenvalue weighted by molar-refractivity contribution is 5.16. The van der Waals surface area contributed by atoms with E-state index in [0.29, 0.717) is 5.88 Å². The number of aliphatic hydroxyl groups excluding tert-OH is 1. The Morgan fingerprint density at radius 2 is 2.29 bits per heavy atom. The third-order valence-corrected chi connectivity index (χ3v) is 2.45. The van der Waals surface area contributed by atoms with Gasteiger partial charge in [0.2, 0.25) is 5.88 Å². The van der Waals surface area contributed by atoms with Gasteiger partial charge in [0, 0.05) is 12.3 Å². The molecule has 76 valence electrons. The smallest absolute Gasteiger partial charge is 0.213 e. The van der Waals surface area contributed by atoms with Crippen LogP contribution in [0, 0.1) is 5.92 Å². The van der Waals surface area contributed by atoms with E-state index < -0.39 is 0 Å². The molecule has 0 aromatic carbocycles. The van der Waals surface area contributed by atoms with Crippen LogP contribution >= 0.6 is 0 Å². The number of aliphatic hydroxyl groups is 1. The van der Waals surface area contributed by atoms with E-state index in [-0.39, 0.29) is 6.61 Å². The number of nitrogens with zero attached hydrogens (tertiary/aromatic N) is 1. The summed E-state index contributed by atoms with van der Waals surface area (Å²) in [5.41, 5.74) is 0.819. The monoisotopic (exact) mass is 193 g/mol. The van der Waals surface area contributed by atoms with Gasteiger partial charge in [0.25, 0.3) is 0 Å². The van der Waals surface area contributed by atoms with Gasteiger partial charge in [0.15, 0.2) is 0 Å². The molecule has 0 atom stereocenters. The molecule has 3 nitrogen and oxygen atoms in total. The van der Waals surface area contributed by atoms with Crippen LogP contribution in [0.25, 0.3) is 0 Å². The fraction of sp³-hybridized carbons (Fsp3) is 0.545. The maximum atomic E-state index is 8.80. The molecule has 1 aromatic rings. The Kier molecular flexibility index (Phi) is 2.99. The number of rotatable bonds is 5. The highest BCUT2D eigenvalue weighted by atomic mass is 16.5. The Balaban J connectivity index is 1.77. The molecule has 1 saturated carbocycles. The zero-order valence-electron chi connectivity index (χ0n) is 8.15. The molecule has 0 aliphatic heterocycles. The summed E-state index contributed by atoms with van der Waals surface area (Å²) in [6, 6.07) is 3.64. The highest BCUT2D eigenvalue weighted by Gasteiger charge is 2.20. The zero-order valence-corrected chi connectivity index (χ0v) is 8.15. The first-order valence-electron chi connectivity index (χ1n) is 5.07. The fourth-order valence-corrected chi connectivity index (χ4v) is 1.33. The number of pyridine rings is 1. The lowest BCUT2D eigenvalue weighted by atomic mass is 10.3. The van der Waals surface area contributed by atoms with Crippen LogP contribution < -0.4 is 4.74 Å². The number of hydrogen-bond donors (Lipinski definition) is 1. The minimum Gasteiger partial charge on any atom is -0.478 e. The molecule has 0 spiro atoms. The highest BCUT2D eigenvalue weighted by Crippen LogP contribution is 2.32. The Bertz CT molecular complexity index is 280. The molecule has 0 unspecified atom stereocenters. The van der Waals surface area contributed by atoms with Crippen molar-refractivity contribution >= 4 is 0 Å². The number of hydrogen-bond acceptors (Lipinski definition) is 3. The molecule has 0 saturated heterocycles. The van der Waals surface area contributed by atoms with Crippen LogP contribution in [0.2, 0.25) is 0 Å². The van der Waals surface area contributed by atoms with Crippen LogP contribution in [0.5, 0.6) is 5.88 Å². The Hall–Kier alpha value is -1.09. The van der Waals surface area contributed by atoms with Gasteiger partial charge in [-0.1, -0.05) is 12.8 Å². The van der Waals surface area contributed by atoms with Crippen molar-refractivity contribution in [1.82, 2.24) is 4.98 Å². The standard InChI is InChI=1S/C11H15NO2/c13-8-10-3-4-11(12-7-10)14-6-5-9-1-2-9/h3-4,7,9,13H,1-2,5-6,8H2. The molecule has 1 heterocycles. The minimum atomic E-state index is 0.0371. The second-order valence-electron chi connectivity index (χ2n) is 3.74. The summed E-state index contributed by atoms with van der Waals surface area (Å²) in [5, 5.41) is 8.80. The van der Waals surface area contributed by atoms with Gasteiger partial charge >= 0.3 is 0 Å². The van der Waals surface area contributed by atoms with Gasteiger partial charge in [0.1, 0.15) is 0 Å². The van der Waals surface area contributed by atoms with Crippen LogP contribution in [0.15, 0.2) is 18.3 Å². The molecule has 1 aliphatic rings. The first-order valence-corrected chi connectivity index (χ1v) is 5.07. The summed E-state index contributed by atoms with van der Waals surface area (Å²) < 4.78 is 5.46. The van der Waals surface area contributed by atoms with Gasteiger partial charge in [-0.3, -0.25) is 0 Å². The normalized spacial score (nSPS) is 15.5. The number of aromatic nitrogens is 1. The lowest BCUT2D eigenvalue weighted by Crippen LogP contribution is -2.00. The van der Waals surface area contributed by atoms with Crippen molar-refractivity contribution in [2.24, 2.45) is 5.92 Å². The van der Waals surface area contributed by atoms with E-state index in [2.05, 4.69) is 4.98 Å². The van der Waals surface area contributed by atoms with Crippen LogP contribution in [-0.4, -0.2) is 16.7 Å². The lowest BCUT2D eigenvalue weighted by Gasteiger charge is -2.04. The predicted octanol–water partition coefficient (Wildman–Crippen LogP) is 1.75. The Morgan fingerprint density at radius 3 is 2.86 bits per heavy atom. The molecule has 1 aromatic heterocycles. The molecule has 1 fully saturated rings. The molecule has 0 amide bonds. The van der Waals surface area contributed by atoms with Crippen molar-refractivity contribution < 1.29 is 9.84 Å². The van der Waals surface area contributed by atoms with E-state index in [9.17, 15) is 0 Å². The van der Waals surface area contributed by atoms with Gasteiger partial charge in [-0.25, -0.2) is 4.98 Å². The van der Waals surface area contributed by atoms with E-state index >= 15 is 0 Å². The number of ether oxygens (including phenoxy) is 1. The van der Waals surface area contributed by atoms with Gasteiger partial charge in [0.05, 0.1) is 13.2 Å². The van der Waals surface area contributed by atoms with Crippen molar-refractivity contribution in [2.75, 3.05) is 6.61 Å². The van der Waals surface area contributed by atoms with Crippen molar-refractivity contribution in [2.45, 2.75) is 25.9 Å². The summed E-state index contributed by atoms with van der Waals surface area (Å²) in [7, 11) is 0. The predicted molar refractivity (Wildman–Crippen MR) is 53.0 cm³/mol. The van der Waals surface area contributed by atoms with E-state index in [1.165, 1.54) is 12.8 Å². The van der Waals surface area contributed by atoms with Gasteiger partial charge in [-0.2, -0.15) is 0 Å². The molecule has 14 heavy (non-hydrogen) atoms. The Morgan fingerprint density at radius 1 is 1.43 bits per heavy atom. The van der Waals surface area contributed by atoms with Crippen LogP contribution in [0.4, 0.5) is 0 Å². The topological polar surface area (TPSA) is 42.4 Å². The SMILES string of the molecule is OCc1ccc(OCCC2CC2)nc1. The molecule has 2 rings (SSSR count). The van der Waals surface area contributed by atoms with Crippen LogP contribution in [0.3, 0.4) is 0 Å². The average Bonchev–Trinajstić information content (AvgIpc) is 3.03. The molecule has 0 bridgehead atoms. The molecular weight excluding hydrogens is 178 g/mol. The minimum absolute atomic E-state index is 0.0371. The first-order chi connectivity index (χ1) is 6.88. The third kappa shape index (κ3) is 2.70. The maximum Gasteiger partial charge on any atom is 0.213 e. The lowest BCUT2D eigenvalue weighted by molar-refractivity contribution is 0.277. The van der Waals surface area contributed by atoms with E-state index in [4.69, 9.17) is 9.84 Å². The summed E-state index contributed by atoms with van der Waals surface area (Å²) in [4.78, 5) is 4.08. The summed E-state index contributed by atoms with van der Waals surface area (Å²) in [5.74, 6) is 1.55. The molecular formula is C11H15NO2. The quantitative estimate of drug-likeness (QED) is 0.774. The second-order valence-corrected chi connectivity index (χ2v) is 3.74. The van der Waals surface area contributed by atoms with Crippen molar-refractivity contribution in [3.63, 3.8) is 0 Å². The molecule has 1 N–H and O–H groups in total. The first kappa shape index (κ1) is 9.46. The molecule has 3 heteroatoms. The van der Waals surface area contributed by atoms with E-state index in [1.54, 1.807) is 12.3 Å². The van der Waals surface area contributed by atoms with Crippen molar-refractivity contribution in [3.8, 4) is 5.88 Å². The van der Waals surface area contributed by atoms with Crippen molar-refractivity contribution in [1.29, 1.82) is 0 Å². The van der Waals surface area contributed by atoms with Gasteiger partial charge < -0.3 is 9.84 Å². The summed E-state index contributed by atoms with van der Waals surface area (Å²) >= 11 is 0. The van der Waals surface area contributed by atoms with E-state index in [1.807, 2.05) is 6.07 Å². The molecule has 1 aliphatic carbocycles. The molecule has 0 radical (unpaired) electrons. The van der Waals surface area contributed by atoms with Crippen molar-refractivity contribution in [3.05, 3.63) is 23.9 Å². The van der Waals surface area contributed by atoms with Gasteiger partial charge in [-0.15, -0.1) is 0 Å². The summed E-state index contributed by atoms with van der Waals surface area (Å²) in [6.07, 6.45) is 5.51. The second kappa shape index (κ2) is 4.42. The van der Waals surface area contributed by atoms with Crippen LogP contribution in [-0.2, 0) is 6.61 Å². The zero-order chi connectivity index (χ0) is 9.80. The third-order valence-electron chi connectivity index (χ3n) is 2.45. The summed E-state index contributed by atoms with van der Waals surface area (Å²) in [6.45, 7) is 0.797. The van der Waals surface area contributed by atoms with Crippen LogP contribution in [0.1, 0.15) is 24.8 Å². The van der Waals surface area contributed by atoms with Gasteiger partial charge in [-0.05, 0) is 24.0 Å². The largest absolute Gasteiger partial charge is 0.478 e. The Labute approximate surface area is 83.7 Å². The maximum absolute atomic E-state index is 8.80. The fourth-order valence-electron chi connectivity index (χ4n) is 1.33. The average molecular weight is 193 g/mol.